The largest absolute Gasteiger partial charge is 0.294 e. The van der Waals surface area contributed by atoms with Crippen LogP contribution < -0.4 is 4.72 Å². The SMILES string of the molecule is CC(=O)c1ccc(S(=O)(=O)N[C@H]2[C@H](C)[C@@H]2c2ccccc2)s1. The summed E-state index contributed by atoms with van der Waals surface area (Å²) in [6, 6.07) is 12.9. The van der Waals surface area contributed by atoms with E-state index in [1.165, 1.54) is 13.0 Å². The van der Waals surface area contributed by atoms with Crippen molar-refractivity contribution < 1.29 is 13.2 Å². The van der Waals surface area contributed by atoms with Gasteiger partial charge in [0.1, 0.15) is 4.21 Å². The van der Waals surface area contributed by atoms with Crippen molar-refractivity contribution in [3.63, 3.8) is 0 Å². The maximum atomic E-state index is 12.4. The molecule has 4 nitrogen and oxygen atoms in total. The van der Waals surface area contributed by atoms with Crippen LogP contribution in [0, 0.1) is 5.92 Å². The van der Waals surface area contributed by atoms with E-state index in [-0.39, 0.29) is 27.9 Å². The fourth-order valence-corrected chi connectivity index (χ4v) is 5.29. The van der Waals surface area contributed by atoms with E-state index in [9.17, 15) is 13.2 Å². The Hall–Kier alpha value is -1.50. The lowest BCUT2D eigenvalue weighted by atomic mass is 10.1. The van der Waals surface area contributed by atoms with Crippen LogP contribution in [0.25, 0.3) is 0 Å². The zero-order valence-corrected chi connectivity index (χ0v) is 13.9. The van der Waals surface area contributed by atoms with Crippen LogP contribution in [0.2, 0.25) is 0 Å². The van der Waals surface area contributed by atoms with Gasteiger partial charge in [-0.3, -0.25) is 4.79 Å². The lowest BCUT2D eigenvalue weighted by Gasteiger charge is -2.04. The van der Waals surface area contributed by atoms with E-state index in [2.05, 4.69) is 4.72 Å². The molecule has 1 saturated carbocycles. The first-order valence-corrected chi connectivity index (χ1v) is 9.38. The van der Waals surface area contributed by atoms with E-state index in [1.807, 2.05) is 37.3 Å². The van der Waals surface area contributed by atoms with Crippen molar-refractivity contribution in [1.82, 2.24) is 4.72 Å². The first-order chi connectivity index (χ1) is 10.4. The molecule has 0 spiro atoms. The van der Waals surface area contributed by atoms with E-state index >= 15 is 0 Å². The molecule has 0 bridgehead atoms. The van der Waals surface area contributed by atoms with Gasteiger partial charge in [0.2, 0.25) is 10.0 Å². The molecule has 2 aromatic rings. The Bertz CT molecular complexity index is 796. The van der Waals surface area contributed by atoms with Crippen LogP contribution in [-0.4, -0.2) is 20.2 Å². The molecule has 1 aliphatic carbocycles. The molecule has 0 aliphatic heterocycles. The van der Waals surface area contributed by atoms with Crippen molar-refractivity contribution in [2.24, 2.45) is 5.92 Å². The van der Waals surface area contributed by atoms with Crippen LogP contribution in [-0.2, 0) is 10.0 Å². The Morgan fingerprint density at radius 2 is 1.82 bits per heavy atom. The average molecular weight is 335 g/mol. The second kappa shape index (κ2) is 5.61. The van der Waals surface area contributed by atoms with Gasteiger partial charge in [-0.05, 0) is 30.5 Å². The Balaban J connectivity index is 1.76. The monoisotopic (exact) mass is 335 g/mol. The molecule has 3 rings (SSSR count). The van der Waals surface area contributed by atoms with Crippen molar-refractivity contribution in [3.8, 4) is 0 Å². The Kier molecular flexibility index (Phi) is 3.92. The minimum absolute atomic E-state index is 0.0877. The summed E-state index contributed by atoms with van der Waals surface area (Å²) in [5, 5.41) is 0. The van der Waals surface area contributed by atoms with Crippen molar-refractivity contribution >= 4 is 27.1 Å². The van der Waals surface area contributed by atoms with Gasteiger partial charge in [-0.2, -0.15) is 0 Å². The molecule has 0 amide bonds. The van der Waals surface area contributed by atoms with Gasteiger partial charge in [0.05, 0.1) is 4.88 Å². The maximum Gasteiger partial charge on any atom is 0.250 e. The summed E-state index contributed by atoms with van der Waals surface area (Å²) in [6.45, 7) is 3.48. The number of nitrogens with one attached hydrogen (secondary N) is 1. The number of thiophene rings is 1. The van der Waals surface area contributed by atoms with Gasteiger partial charge < -0.3 is 0 Å². The van der Waals surface area contributed by atoms with Gasteiger partial charge in [0.25, 0.3) is 0 Å². The quantitative estimate of drug-likeness (QED) is 0.854. The van der Waals surface area contributed by atoms with E-state index in [0.29, 0.717) is 4.88 Å². The molecule has 6 heteroatoms. The molecule has 1 aromatic carbocycles. The topological polar surface area (TPSA) is 63.2 Å². The highest BCUT2D eigenvalue weighted by Gasteiger charge is 2.49. The van der Waals surface area contributed by atoms with Gasteiger partial charge in [-0.15, -0.1) is 11.3 Å². The fraction of sp³-hybridized carbons (Fsp3) is 0.312. The molecule has 22 heavy (non-hydrogen) atoms. The second-order valence-electron chi connectivity index (χ2n) is 5.62. The smallest absolute Gasteiger partial charge is 0.250 e. The second-order valence-corrected chi connectivity index (χ2v) is 8.64. The lowest BCUT2D eigenvalue weighted by Crippen LogP contribution is -2.27. The van der Waals surface area contributed by atoms with Crippen LogP contribution in [0.4, 0.5) is 0 Å². The number of hydrogen-bond donors (Lipinski definition) is 1. The number of ketones is 1. The summed E-state index contributed by atoms with van der Waals surface area (Å²) < 4.78 is 27.8. The molecule has 0 radical (unpaired) electrons. The first kappa shape index (κ1) is 15.4. The van der Waals surface area contributed by atoms with Crippen LogP contribution in [0.5, 0.6) is 0 Å². The predicted octanol–water partition coefficient (Wildman–Crippen LogP) is 3.03. The highest BCUT2D eigenvalue weighted by Crippen LogP contribution is 2.48. The molecule has 1 fully saturated rings. The standard InChI is InChI=1S/C16H17NO3S2/c1-10-15(12-6-4-3-5-7-12)16(10)17-22(19,20)14-9-8-13(21-14)11(2)18/h3-10,15-17H,1-2H3/t10-,15-,16+/m1/s1. The summed E-state index contributed by atoms with van der Waals surface area (Å²) in [7, 11) is -3.57. The summed E-state index contributed by atoms with van der Waals surface area (Å²) in [4.78, 5) is 11.8. The number of rotatable bonds is 5. The van der Waals surface area contributed by atoms with E-state index in [1.54, 1.807) is 6.07 Å². The molecule has 1 heterocycles. The van der Waals surface area contributed by atoms with Crippen LogP contribution >= 0.6 is 11.3 Å². The van der Waals surface area contributed by atoms with Gasteiger partial charge >= 0.3 is 0 Å². The van der Waals surface area contributed by atoms with Crippen molar-refractivity contribution in [2.45, 2.75) is 30.0 Å². The molecule has 116 valence electrons. The Labute approximate surface area is 134 Å². The number of sulfonamides is 1. The molecule has 0 saturated heterocycles. The lowest BCUT2D eigenvalue weighted by molar-refractivity contribution is 0.102. The zero-order valence-electron chi connectivity index (χ0n) is 12.3. The first-order valence-electron chi connectivity index (χ1n) is 7.08. The summed E-state index contributed by atoms with van der Waals surface area (Å²) in [5.41, 5.74) is 1.15. The molecular weight excluding hydrogens is 318 g/mol. The normalized spacial score (nSPS) is 24.2. The highest BCUT2D eigenvalue weighted by atomic mass is 32.2. The van der Waals surface area contributed by atoms with E-state index in [4.69, 9.17) is 0 Å². The maximum absolute atomic E-state index is 12.4. The van der Waals surface area contributed by atoms with Crippen molar-refractivity contribution in [3.05, 3.63) is 52.9 Å². The summed E-state index contributed by atoms with van der Waals surface area (Å²) in [5.74, 6) is 0.362. The van der Waals surface area contributed by atoms with Gasteiger partial charge in [-0.25, -0.2) is 13.1 Å². The number of Topliss-reactive ketones (excluding diaryl/α,β-unsaturated/α-hetero) is 1. The molecule has 3 atom stereocenters. The molecular formula is C16H17NO3S2. The number of benzene rings is 1. The third-order valence-corrected chi connectivity index (χ3v) is 7.19. The molecule has 0 unspecified atom stereocenters. The summed E-state index contributed by atoms with van der Waals surface area (Å²) >= 11 is 1.02. The number of carbonyl (C=O) groups is 1. The van der Waals surface area contributed by atoms with Crippen LogP contribution in [0.15, 0.2) is 46.7 Å². The Morgan fingerprint density at radius 1 is 1.14 bits per heavy atom. The van der Waals surface area contributed by atoms with Crippen LogP contribution in [0.1, 0.15) is 35.0 Å². The average Bonchev–Trinajstić information content (AvgIpc) is 2.93. The number of carbonyl (C=O) groups excluding carboxylic acids is 1. The van der Waals surface area contributed by atoms with Crippen molar-refractivity contribution in [1.29, 1.82) is 0 Å². The zero-order chi connectivity index (χ0) is 15.9. The molecule has 1 aliphatic rings. The van der Waals surface area contributed by atoms with Gasteiger partial charge in [-0.1, -0.05) is 37.3 Å². The summed E-state index contributed by atoms with van der Waals surface area (Å²) in [6.07, 6.45) is 0. The van der Waals surface area contributed by atoms with Crippen LogP contribution in [0.3, 0.4) is 0 Å². The van der Waals surface area contributed by atoms with Gasteiger partial charge in [0.15, 0.2) is 5.78 Å². The van der Waals surface area contributed by atoms with Gasteiger partial charge in [0, 0.05) is 12.0 Å². The predicted molar refractivity (Wildman–Crippen MR) is 86.8 cm³/mol. The fourth-order valence-electron chi connectivity index (χ4n) is 2.72. The number of hydrogen-bond acceptors (Lipinski definition) is 4. The molecule has 1 N–H and O–H groups in total. The minimum Gasteiger partial charge on any atom is -0.294 e. The van der Waals surface area contributed by atoms with E-state index < -0.39 is 10.0 Å². The van der Waals surface area contributed by atoms with Crippen molar-refractivity contribution in [2.75, 3.05) is 0 Å². The van der Waals surface area contributed by atoms with E-state index in [0.717, 1.165) is 16.9 Å². The third-order valence-electron chi connectivity index (χ3n) is 4.05. The molecule has 1 aromatic heterocycles. The minimum atomic E-state index is -3.57. The highest BCUT2D eigenvalue weighted by molar-refractivity contribution is 7.91. The third kappa shape index (κ3) is 2.86. The Morgan fingerprint density at radius 3 is 2.41 bits per heavy atom.